The molecule has 1 aliphatic rings. The van der Waals surface area contributed by atoms with Crippen LogP contribution in [0, 0.1) is 5.92 Å². The standard InChI is InChI=1S/C14H23N3O2/c1-4-13-12(9-16(3)15-13)14(19)17-7-5-11(6-8-17)10(2)18/h9-11,18H,4-8H2,1-3H3. The molecule has 1 aromatic heterocycles. The third-order valence-electron chi connectivity index (χ3n) is 3.98. The summed E-state index contributed by atoms with van der Waals surface area (Å²) in [6.07, 6.45) is 4.06. The van der Waals surface area contributed by atoms with Crippen LogP contribution in [0.1, 0.15) is 42.7 Å². The molecule has 1 aliphatic heterocycles. The van der Waals surface area contributed by atoms with Gasteiger partial charge in [-0.15, -0.1) is 0 Å². The van der Waals surface area contributed by atoms with Gasteiger partial charge in [-0.05, 0) is 32.1 Å². The summed E-state index contributed by atoms with van der Waals surface area (Å²) in [6, 6.07) is 0. The van der Waals surface area contributed by atoms with E-state index in [0.717, 1.165) is 43.6 Å². The highest BCUT2D eigenvalue weighted by Crippen LogP contribution is 2.22. The summed E-state index contributed by atoms with van der Waals surface area (Å²) in [5, 5.41) is 13.9. The summed E-state index contributed by atoms with van der Waals surface area (Å²) < 4.78 is 1.70. The number of hydrogen-bond acceptors (Lipinski definition) is 3. The third kappa shape index (κ3) is 2.97. The molecule has 0 bridgehead atoms. The van der Waals surface area contributed by atoms with Crippen molar-refractivity contribution in [3.63, 3.8) is 0 Å². The van der Waals surface area contributed by atoms with Gasteiger partial charge >= 0.3 is 0 Å². The number of rotatable bonds is 3. The lowest BCUT2D eigenvalue weighted by molar-refractivity contribution is 0.0520. The Bertz CT molecular complexity index is 446. The molecule has 0 aliphatic carbocycles. The number of aliphatic hydroxyl groups is 1. The summed E-state index contributed by atoms with van der Waals surface area (Å²) in [5.74, 6) is 0.401. The number of carbonyl (C=O) groups excluding carboxylic acids is 1. The predicted octanol–water partition coefficient (Wildman–Crippen LogP) is 1.22. The number of likely N-dealkylation sites (tertiary alicyclic amines) is 1. The molecular formula is C14H23N3O2. The van der Waals surface area contributed by atoms with Crippen molar-refractivity contribution in [3.05, 3.63) is 17.5 Å². The number of hydrogen-bond donors (Lipinski definition) is 1. The highest BCUT2D eigenvalue weighted by molar-refractivity contribution is 5.95. The van der Waals surface area contributed by atoms with Gasteiger partial charge in [-0.25, -0.2) is 0 Å². The monoisotopic (exact) mass is 265 g/mol. The lowest BCUT2D eigenvalue weighted by Crippen LogP contribution is -2.40. The smallest absolute Gasteiger partial charge is 0.257 e. The van der Waals surface area contributed by atoms with E-state index in [-0.39, 0.29) is 12.0 Å². The fourth-order valence-corrected chi connectivity index (χ4v) is 2.73. The number of nitrogens with zero attached hydrogens (tertiary/aromatic N) is 3. The van der Waals surface area contributed by atoms with Gasteiger partial charge in [-0.2, -0.15) is 5.10 Å². The minimum atomic E-state index is -0.276. The molecule has 1 amide bonds. The van der Waals surface area contributed by atoms with E-state index in [1.165, 1.54) is 0 Å². The number of aliphatic hydroxyl groups excluding tert-OH is 1. The van der Waals surface area contributed by atoms with Gasteiger partial charge in [0.15, 0.2) is 0 Å². The predicted molar refractivity (Wildman–Crippen MR) is 72.9 cm³/mol. The molecule has 0 radical (unpaired) electrons. The van der Waals surface area contributed by atoms with Gasteiger partial charge < -0.3 is 10.0 Å². The highest BCUT2D eigenvalue weighted by atomic mass is 16.3. The first kappa shape index (κ1) is 14.1. The molecule has 1 unspecified atom stereocenters. The van der Waals surface area contributed by atoms with Crippen LogP contribution in [0.25, 0.3) is 0 Å². The van der Waals surface area contributed by atoms with E-state index in [1.807, 2.05) is 32.0 Å². The van der Waals surface area contributed by atoms with Crippen LogP contribution in [-0.4, -0.2) is 44.9 Å². The van der Waals surface area contributed by atoms with E-state index in [1.54, 1.807) is 4.68 Å². The van der Waals surface area contributed by atoms with Crippen molar-refractivity contribution in [2.24, 2.45) is 13.0 Å². The summed E-state index contributed by atoms with van der Waals surface area (Å²) in [5.41, 5.74) is 1.59. The highest BCUT2D eigenvalue weighted by Gasteiger charge is 2.27. The number of amides is 1. The zero-order valence-electron chi connectivity index (χ0n) is 12.0. The lowest BCUT2D eigenvalue weighted by atomic mass is 9.92. The van der Waals surface area contributed by atoms with Crippen molar-refractivity contribution in [2.75, 3.05) is 13.1 Å². The van der Waals surface area contributed by atoms with Gasteiger partial charge in [-0.3, -0.25) is 9.48 Å². The Morgan fingerprint density at radius 3 is 2.68 bits per heavy atom. The Morgan fingerprint density at radius 1 is 1.53 bits per heavy atom. The molecule has 1 fully saturated rings. The van der Waals surface area contributed by atoms with Gasteiger partial charge in [0.2, 0.25) is 0 Å². The zero-order valence-corrected chi connectivity index (χ0v) is 12.0. The van der Waals surface area contributed by atoms with Crippen molar-refractivity contribution < 1.29 is 9.90 Å². The van der Waals surface area contributed by atoms with Crippen LogP contribution in [0.4, 0.5) is 0 Å². The molecule has 2 heterocycles. The van der Waals surface area contributed by atoms with E-state index in [2.05, 4.69) is 5.10 Å². The van der Waals surface area contributed by atoms with Crippen LogP contribution in [-0.2, 0) is 13.5 Å². The summed E-state index contributed by atoms with van der Waals surface area (Å²) in [6.45, 7) is 5.30. The maximum Gasteiger partial charge on any atom is 0.257 e. The van der Waals surface area contributed by atoms with Crippen LogP contribution in [0.15, 0.2) is 6.20 Å². The first-order chi connectivity index (χ1) is 9.02. The summed E-state index contributed by atoms with van der Waals surface area (Å²) in [7, 11) is 1.84. The maximum atomic E-state index is 12.5. The molecule has 1 atom stereocenters. The minimum absolute atomic E-state index is 0.0778. The fraction of sp³-hybridized carbons (Fsp3) is 0.714. The molecule has 0 aromatic carbocycles. The first-order valence-electron chi connectivity index (χ1n) is 7.02. The molecular weight excluding hydrogens is 242 g/mol. The van der Waals surface area contributed by atoms with Gasteiger partial charge in [-0.1, -0.05) is 6.92 Å². The number of carbonyl (C=O) groups is 1. The Balaban J connectivity index is 2.05. The molecule has 2 rings (SSSR count). The topological polar surface area (TPSA) is 58.4 Å². The Labute approximate surface area is 114 Å². The van der Waals surface area contributed by atoms with E-state index in [9.17, 15) is 9.90 Å². The Kier molecular flexibility index (Phi) is 4.24. The first-order valence-corrected chi connectivity index (χ1v) is 7.02. The quantitative estimate of drug-likeness (QED) is 0.894. The summed E-state index contributed by atoms with van der Waals surface area (Å²) in [4.78, 5) is 14.4. The average molecular weight is 265 g/mol. The number of aromatic nitrogens is 2. The van der Waals surface area contributed by atoms with Gasteiger partial charge in [0.05, 0.1) is 17.4 Å². The molecule has 1 saturated heterocycles. The zero-order chi connectivity index (χ0) is 14.0. The molecule has 0 saturated carbocycles. The number of piperidine rings is 1. The van der Waals surface area contributed by atoms with E-state index >= 15 is 0 Å². The average Bonchev–Trinajstić information content (AvgIpc) is 2.79. The molecule has 0 spiro atoms. The normalized spacial score (nSPS) is 18.6. The van der Waals surface area contributed by atoms with Gasteiger partial charge in [0.25, 0.3) is 5.91 Å². The van der Waals surface area contributed by atoms with Crippen molar-refractivity contribution in [1.82, 2.24) is 14.7 Å². The summed E-state index contributed by atoms with van der Waals surface area (Å²) >= 11 is 0. The fourth-order valence-electron chi connectivity index (χ4n) is 2.73. The maximum absolute atomic E-state index is 12.5. The molecule has 106 valence electrons. The van der Waals surface area contributed by atoms with Crippen LogP contribution in [0.5, 0.6) is 0 Å². The van der Waals surface area contributed by atoms with Crippen LogP contribution in [0.3, 0.4) is 0 Å². The Hall–Kier alpha value is -1.36. The Morgan fingerprint density at radius 2 is 2.16 bits per heavy atom. The lowest BCUT2D eigenvalue weighted by Gasteiger charge is -2.33. The molecule has 5 heteroatoms. The van der Waals surface area contributed by atoms with E-state index in [4.69, 9.17) is 0 Å². The van der Waals surface area contributed by atoms with Crippen LogP contribution < -0.4 is 0 Å². The van der Waals surface area contributed by atoms with Crippen LogP contribution in [0.2, 0.25) is 0 Å². The van der Waals surface area contributed by atoms with Crippen molar-refractivity contribution >= 4 is 5.91 Å². The second-order valence-electron chi connectivity index (χ2n) is 5.39. The van der Waals surface area contributed by atoms with E-state index in [0.29, 0.717) is 5.92 Å². The van der Waals surface area contributed by atoms with Crippen molar-refractivity contribution in [2.45, 2.75) is 39.2 Å². The van der Waals surface area contributed by atoms with Crippen molar-refractivity contribution in [3.8, 4) is 0 Å². The number of aryl methyl sites for hydroxylation is 2. The molecule has 5 nitrogen and oxygen atoms in total. The van der Waals surface area contributed by atoms with Gasteiger partial charge in [0.1, 0.15) is 0 Å². The van der Waals surface area contributed by atoms with E-state index < -0.39 is 0 Å². The minimum Gasteiger partial charge on any atom is -0.393 e. The SMILES string of the molecule is CCc1nn(C)cc1C(=O)N1CCC(C(C)O)CC1. The largest absolute Gasteiger partial charge is 0.393 e. The van der Waals surface area contributed by atoms with Crippen LogP contribution >= 0.6 is 0 Å². The second-order valence-corrected chi connectivity index (χ2v) is 5.39. The second kappa shape index (κ2) is 5.74. The molecule has 1 aromatic rings. The molecule has 19 heavy (non-hydrogen) atoms. The molecule has 1 N–H and O–H groups in total. The van der Waals surface area contributed by atoms with Crippen molar-refractivity contribution in [1.29, 1.82) is 0 Å². The third-order valence-corrected chi connectivity index (χ3v) is 3.98. The van der Waals surface area contributed by atoms with Gasteiger partial charge in [0, 0.05) is 26.3 Å².